The highest BCUT2D eigenvalue weighted by Crippen LogP contribution is 2.34. The molecule has 0 spiro atoms. The van der Waals surface area contributed by atoms with Crippen LogP contribution in [0.15, 0.2) is 41.6 Å². The third-order valence-corrected chi connectivity index (χ3v) is 3.11. The Morgan fingerprint density at radius 1 is 1.39 bits per heavy atom. The number of hydrazone groups is 1. The fraction of sp³-hybridized carbons (Fsp3) is 0.214. The molecule has 0 atom stereocenters. The first kappa shape index (κ1) is 16.5. The summed E-state index contributed by atoms with van der Waals surface area (Å²) in [6, 6.07) is 5.82. The summed E-state index contributed by atoms with van der Waals surface area (Å²) in [6.07, 6.45) is -1.37. The van der Waals surface area contributed by atoms with Gasteiger partial charge < -0.3 is 4.57 Å². The van der Waals surface area contributed by atoms with Gasteiger partial charge in [0.1, 0.15) is 5.69 Å². The van der Waals surface area contributed by atoms with Gasteiger partial charge in [-0.25, -0.2) is 0 Å². The summed E-state index contributed by atoms with van der Waals surface area (Å²) in [6.45, 7) is 2.65. The van der Waals surface area contributed by atoms with Gasteiger partial charge in [-0.2, -0.15) is 18.3 Å². The summed E-state index contributed by atoms with van der Waals surface area (Å²) in [7, 11) is 0. The van der Waals surface area contributed by atoms with E-state index in [-0.39, 0.29) is 5.69 Å². The minimum Gasteiger partial charge on any atom is -0.347 e. The summed E-state index contributed by atoms with van der Waals surface area (Å²) in [5, 5.41) is 14.8. The van der Waals surface area contributed by atoms with Crippen molar-refractivity contribution in [3.8, 4) is 0 Å². The predicted octanol–water partition coefficient (Wildman–Crippen LogP) is 3.88. The highest BCUT2D eigenvalue weighted by Gasteiger charge is 2.33. The molecule has 0 amide bonds. The molecule has 1 N–H and O–H groups in total. The number of aromatic nitrogens is 1. The van der Waals surface area contributed by atoms with Crippen LogP contribution in [-0.2, 0) is 12.7 Å². The van der Waals surface area contributed by atoms with Crippen molar-refractivity contribution in [1.29, 1.82) is 0 Å². The van der Waals surface area contributed by atoms with E-state index in [0.29, 0.717) is 6.07 Å². The van der Waals surface area contributed by atoms with Crippen LogP contribution in [0.5, 0.6) is 0 Å². The zero-order chi connectivity index (χ0) is 17.0. The van der Waals surface area contributed by atoms with Crippen molar-refractivity contribution in [2.75, 3.05) is 5.43 Å². The van der Waals surface area contributed by atoms with Crippen LogP contribution in [0.1, 0.15) is 18.2 Å². The molecule has 9 heteroatoms. The molecule has 1 aromatic carbocycles. The van der Waals surface area contributed by atoms with Gasteiger partial charge in [0.2, 0.25) is 0 Å². The van der Waals surface area contributed by atoms with Gasteiger partial charge in [0.25, 0.3) is 5.69 Å². The second-order valence-corrected chi connectivity index (χ2v) is 4.58. The van der Waals surface area contributed by atoms with Gasteiger partial charge in [-0.15, -0.1) is 0 Å². The van der Waals surface area contributed by atoms with Crippen molar-refractivity contribution in [3.05, 3.63) is 57.9 Å². The summed E-state index contributed by atoms with van der Waals surface area (Å²) in [5.41, 5.74) is 1.28. The van der Waals surface area contributed by atoms with E-state index in [4.69, 9.17) is 0 Å². The standard InChI is InChI=1S/C14H13F3N4O2/c1-2-20-7-3-4-11(20)9-18-19-12-6-5-10(14(15,16)17)8-13(12)21(22)23/h3-9,19H,2H2,1H3/b18-9-. The molecule has 2 rings (SSSR count). The van der Waals surface area contributed by atoms with Crippen molar-refractivity contribution >= 4 is 17.6 Å². The van der Waals surface area contributed by atoms with Crippen LogP contribution in [0.3, 0.4) is 0 Å². The third-order valence-electron chi connectivity index (χ3n) is 3.11. The molecule has 1 aromatic heterocycles. The molecule has 0 aliphatic rings. The van der Waals surface area contributed by atoms with Gasteiger partial charge in [0.15, 0.2) is 0 Å². The number of rotatable bonds is 5. The Balaban J connectivity index is 2.24. The number of nitro groups is 1. The maximum absolute atomic E-state index is 12.6. The first-order valence-electron chi connectivity index (χ1n) is 6.62. The molecule has 1 heterocycles. The SMILES string of the molecule is CCn1cccc1/C=N\Nc1ccc(C(F)(F)F)cc1[N+](=O)[O-]. The lowest BCUT2D eigenvalue weighted by Crippen LogP contribution is -2.07. The Morgan fingerprint density at radius 3 is 2.74 bits per heavy atom. The number of nitro benzene ring substituents is 1. The van der Waals surface area contributed by atoms with Gasteiger partial charge in [0.05, 0.1) is 22.4 Å². The zero-order valence-electron chi connectivity index (χ0n) is 12.0. The molecule has 122 valence electrons. The van der Waals surface area contributed by atoms with Crippen LogP contribution in [0, 0.1) is 10.1 Å². The Morgan fingerprint density at radius 2 is 2.13 bits per heavy atom. The third kappa shape index (κ3) is 3.87. The minimum atomic E-state index is -4.64. The summed E-state index contributed by atoms with van der Waals surface area (Å²) >= 11 is 0. The lowest BCUT2D eigenvalue weighted by molar-refractivity contribution is -0.384. The lowest BCUT2D eigenvalue weighted by Gasteiger charge is -2.08. The molecular weight excluding hydrogens is 313 g/mol. The van der Waals surface area contributed by atoms with Crippen LogP contribution in [0.2, 0.25) is 0 Å². The molecule has 6 nitrogen and oxygen atoms in total. The number of halogens is 3. The Kier molecular flexibility index (Phi) is 4.68. The smallest absolute Gasteiger partial charge is 0.347 e. The highest BCUT2D eigenvalue weighted by molar-refractivity contribution is 5.78. The van der Waals surface area contributed by atoms with Gasteiger partial charge in [0, 0.05) is 18.8 Å². The lowest BCUT2D eigenvalue weighted by atomic mass is 10.1. The summed E-state index contributed by atoms with van der Waals surface area (Å²) in [4.78, 5) is 10.0. The number of hydrogen-bond donors (Lipinski definition) is 1. The molecule has 2 aromatic rings. The van der Waals surface area contributed by atoms with Crippen LogP contribution < -0.4 is 5.43 Å². The molecule has 0 saturated heterocycles. The van der Waals surface area contributed by atoms with Crippen molar-refractivity contribution < 1.29 is 18.1 Å². The van der Waals surface area contributed by atoms with Crippen LogP contribution in [0.4, 0.5) is 24.5 Å². The average molecular weight is 326 g/mol. The molecule has 0 fully saturated rings. The number of nitrogens with zero attached hydrogens (tertiary/aromatic N) is 3. The zero-order valence-corrected chi connectivity index (χ0v) is 12.0. The minimum absolute atomic E-state index is 0.117. The Hall–Kier alpha value is -2.84. The molecule has 0 saturated carbocycles. The number of anilines is 1. The quantitative estimate of drug-likeness (QED) is 0.515. The molecule has 0 aliphatic heterocycles. The number of nitrogens with one attached hydrogen (secondary N) is 1. The second-order valence-electron chi connectivity index (χ2n) is 4.58. The first-order chi connectivity index (χ1) is 10.8. The Labute approximate surface area is 129 Å². The van der Waals surface area contributed by atoms with Crippen LogP contribution >= 0.6 is 0 Å². The van der Waals surface area contributed by atoms with E-state index in [1.165, 1.54) is 6.21 Å². The summed E-state index contributed by atoms with van der Waals surface area (Å²) < 4.78 is 39.7. The van der Waals surface area contributed by atoms with Gasteiger partial charge in [-0.3, -0.25) is 15.5 Å². The molecule has 0 aliphatic carbocycles. The second kappa shape index (κ2) is 6.51. The van der Waals surface area contributed by atoms with Crippen LogP contribution in [0.25, 0.3) is 0 Å². The maximum Gasteiger partial charge on any atom is 0.416 e. The molecular formula is C14H13F3N4O2. The maximum atomic E-state index is 12.6. The monoisotopic (exact) mass is 326 g/mol. The molecule has 23 heavy (non-hydrogen) atoms. The van der Waals surface area contributed by atoms with E-state index in [2.05, 4.69) is 10.5 Å². The fourth-order valence-electron chi connectivity index (χ4n) is 1.95. The van der Waals surface area contributed by atoms with Crippen molar-refractivity contribution in [2.45, 2.75) is 19.6 Å². The van der Waals surface area contributed by atoms with Gasteiger partial charge >= 0.3 is 6.18 Å². The number of alkyl halides is 3. The Bertz CT molecular complexity index is 738. The molecule has 0 bridgehead atoms. The molecule has 0 unspecified atom stereocenters. The summed E-state index contributed by atoms with van der Waals surface area (Å²) in [5.74, 6) is 0. The molecule has 0 radical (unpaired) electrons. The number of aryl methyl sites for hydroxylation is 1. The van der Waals surface area contributed by atoms with E-state index >= 15 is 0 Å². The van der Waals surface area contributed by atoms with E-state index in [1.54, 1.807) is 6.07 Å². The highest BCUT2D eigenvalue weighted by atomic mass is 19.4. The van der Waals surface area contributed by atoms with Gasteiger partial charge in [-0.05, 0) is 31.2 Å². The van der Waals surface area contributed by atoms with E-state index in [9.17, 15) is 23.3 Å². The topological polar surface area (TPSA) is 72.5 Å². The predicted molar refractivity (Wildman–Crippen MR) is 79.4 cm³/mol. The van der Waals surface area contributed by atoms with E-state index < -0.39 is 22.4 Å². The largest absolute Gasteiger partial charge is 0.416 e. The first-order valence-corrected chi connectivity index (χ1v) is 6.62. The van der Waals surface area contributed by atoms with E-state index in [1.807, 2.05) is 23.8 Å². The van der Waals surface area contributed by atoms with Gasteiger partial charge in [-0.1, -0.05) is 0 Å². The average Bonchev–Trinajstić information content (AvgIpc) is 2.93. The van der Waals surface area contributed by atoms with Crippen molar-refractivity contribution in [3.63, 3.8) is 0 Å². The fourth-order valence-corrected chi connectivity index (χ4v) is 1.95. The van der Waals surface area contributed by atoms with Crippen molar-refractivity contribution in [2.24, 2.45) is 5.10 Å². The number of hydrogen-bond acceptors (Lipinski definition) is 4. The van der Waals surface area contributed by atoms with E-state index in [0.717, 1.165) is 24.4 Å². The number of benzene rings is 1. The van der Waals surface area contributed by atoms with Crippen LogP contribution in [-0.4, -0.2) is 15.7 Å². The van der Waals surface area contributed by atoms with Crippen molar-refractivity contribution in [1.82, 2.24) is 4.57 Å². The normalized spacial score (nSPS) is 11.8.